The summed E-state index contributed by atoms with van der Waals surface area (Å²) >= 11 is 13.7. The normalized spacial score (nSPS) is 14.9. The molecule has 13 heteroatoms. The van der Waals surface area contributed by atoms with Crippen LogP contribution in [0.4, 0.5) is 0 Å². The van der Waals surface area contributed by atoms with Crippen molar-refractivity contribution in [1.29, 1.82) is 0 Å². The summed E-state index contributed by atoms with van der Waals surface area (Å²) in [7, 11) is 0. The number of nitrogens with zero attached hydrogens (tertiary/aromatic N) is 6. The molecule has 5 heterocycles. The van der Waals surface area contributed by atoms with Gasteiger partial charge in [-0.15, -0.1) is 0 Å². The van der Waals surface area contributed by atoms with Crippen molar-refractivity contribution >= 4 is 34.7 Å². The van der Waals surface area contributed by atoms with Gasteiger partial charge in [-0.25, -0.2) is 4.79 Å². The Bertz CT molecular complexity index is 2490. The molecule has 1 atom stereocenters. The largest absolute Gasteiger partial charge is 0.871 e. The molecular weight excluding hydrogens is 787 g/mol. The summed E-state index contributed by atoms with van der Waals surface area (Å²) in [6.45, 7) is 1.68. The standard InChI is InChI=1S/C46H38Cl2N6O5/c47-39-21-35-41(33-15-1-2-16-34(33)46(57)58)36-22-40(48)43(56)38(28-54(25-31-13-5-9-19-51-31)26-32-14-6-10-20-52-32)45(36)59-44(35)37(42(39)55)27-53(23-29-11-3-7-17-49-29)24-30-12-4-8-18-50-30/h1-22,42,55-56H,23-28H2,(H,57,58)/p-1. The number of carboxylic acid groups (broad SMARTS) is 1. The molecule has 0 amide bonds. The average molecular weight is 825 g/mol. The summed E-state index contributed by atoms with van der Waals surface area (Å²) in [5.74, 6) is -1.16. The highest BCUT2D eigenvalue weighted by Crippen LogP contribution is 2.51. The van der Waals surface area contributed by atoms with Crippen LogP contribution < -0.4 is 9.84 Å². The fraction of sp³-hybridized carbons (Fsp3) is 0.152. The molecule has 4 aromatic heterocycles. The van der Waals surface area contributed by atoms with Gasteiger partial charge in [0, 0.05) is 96.9 Å². The van der Waals surface area contributed by atoms with E-state index in [2.05, 4.69) is 24.8 Å². The average Bonchev–Trinajstić information content (AvgIpc) is 3.25. The number of aromatic carboxylic acids is 1. The highest BCUT2D eigenvalue weighted by atomic mass is 35.5. The number of pyridine rings is 4. The van der Waals surface area contributed by atoms with Crippen molar-refractivity contribution in [2.75, 3.05) is 6.54 Å². The van der Waals surface area contributed by atoms with E-state index in [1.165, 1.54) is 12.1 Å². The zero-order valence-corrected chi connectivity index (χ0v) is 33.1. The minimum atomic E-state index is -1.30. The maximum atomic E-state index is 14.3. The summed E-state index contributed by atoms with van der Waals surface area (Å²) in [6, 6.07) is 30.7. The number of carboxylic acids is 1. The van der Waals surface area contributed by atoms with Crippen LogP contribution in [0.5, 0.6) is 11.5 Å². The third kappa shape index (κ3) is 8.80. The molecule has 0 saturated heterocycles. The number of benzene rings is 2. The van der Waals surface area contributed by atoms with Crippen molar-refractivity contribution in [3.8, 4) is 11.5 Å². The highest BCUT2D eigenvalue weighted by Gasteiger charge is 2.37. The molecule has 0 saturated carbocycles. The van der Waals surface area contributed by atoms with Gasteiger partial charge in [0.05, 0.1) is 33.4 Å². The van der Waals surface area contributed by atoms with Gasteiger partial charge in [0.2, 0.25) is 0 Å². The van der Waals surface area contributed by atoms with Crippen LogP contribution in [-0.4, -0.2) is 58.6 Å². The summed E-state index contributed by atoms with van der Waals surface area (Å²) in [5, 5.41) is 36.8. The number of aromatic nitrogens is 4. The van der Waals surface area contributed by atoms with Gasteiger partial charge < -0.3 is 20.1 Å². The fourth-order valence-electron chi connectivity index (χ4n) is 7.43. The first-order valence-electron chi connectivity index (χ1n) is 18.8. The lowest BCUT2D eigenvalue weighted by Gasteiger charge is -2.36. The molecule has 0 fully saturated rings. The van der Waals surface area contributed by atoms with Crippen LogP contribution in [0.2, 0.25) is 5.02 Å². The molecule has 2 aliphatic rings. The number of aliphatic hydroxyl groups is 1. The molecule has 0 bridgehead atoms. The van der Waals surface area contributed by atoms with Crippen LogP contribution in [-0.2, 0) is 32.7 Å². The first-order chi connectivity index (χ1) is 28.7. The van der Waals surface area contributed by atoms with E-state index in [1.54, 1.807) is 49.1 Å². The predicted octanol–water partition coefficient (Wildman–Crippen LogP) is 7.54. The third-order valence-electron chi connectivity index (χ3n) is 10.1. The number of hydrogen-bond acceptors (Lipinski definition) is 10. The van der Waals surface area contributed by atoms with E-state index in [-0.39, 0.29) is 45.8 Å². The monoisotopic (exact) mass is 823 g/mol. The SMILES string of the molecule is O=C(O)c1ccccc1C1=C2C=C(Cl)C(O)C(CN(Cc3ccccn3)Cc3ccccn3)=C2Oc2c1cc(Cl)c([O-])c2CN(Cc1ccccn1)Cc1ccccn1. The molecule has 2 N–H and O–H groups in total. The lowest BCUT2D eigenvalue weighted by atomic mass is 9.82. The van der Waals surface area contributed by atoms with Gasteiger partial charge >= 0.3 is 5.97 Å². The van der Waals surface area contributed by atoms with Crippen LogP contribution in [0.3, 0.4) is 0 Å². The van der Waals surface area contributed by atoms with Crippen LogP contribution in [0.15, 0.2) is 156 Å². The van der Waals surface area contributed by atoms with Gasteiger partial charge in [0.25, 0.3) is 0 Å². The number of fused-ring (bicyclic) bond motifs is 2. The highest BCUT2D eigenvalue weighted by molar-refractivity contribution is 6.32. The lowest BCUT2D eigenvalue weighted by molar-refractivity contribution is -0.269. The Morgan fingerprint density at radius 2 is 1.17 bits per heavy atom. The second-order valence-electron chi connectivity index (χ2n) is 14.1. The van der Waals surface area contributed by atoms with Crippen molar-refractivity contribution in [2.24, 2.45) is 0 Å². The zero-order chi connectivity index (χ0) is 40.9. The summed E-state index contributed by atoms with van der Waals surface area (Å²) in [4.78, 5) is 35.1. The number of allylic oxidation sites excluding steroid dienone is 1. The maximum Gasteiger partial charge on any atom is 0.336 e. The Morgan fingerprint density at radius 3 is 1.66 bits per heavy atom. The van der Waals surface area contributed by atoms with Crippen molar-refractivity contribution in [2.45, 2.75) is 38.8 Å². The van der Waals surface area contributed by atoms with Crippen LogP contribution in [0.1, 0.15) is 49.8 Å². The van der Waals surface area contributed by atoms with Gasteiger partial charge in [-0.05, 0) is 72.3 Å². The molecule has 59 heavy (non-hydrogen) atoms. The first-order valence-corrected chi connectivity index (χ1v) is 19.6. The van der Waals surface area contributed by atoms with Crippen LogP contribution in [0, 0.1) is 0 Å². The van der Waals surface area contributed by atoms with Crippen LogP contribution in [0.25, 0.3) is 5.57 Å². The molecule has 0 radical (unpaired) electrons. The Labute approximate surface area is 350 Å². The van der Waals surface area contributed by atoms with Crippen LogP contribution >= 0.6 is 23.2 Å². The molecule has 1 aliphatic heterocycles. The summed E-state index contributed by atoms with van der Waals surface area (Å²) < 4.78 is 6.93. The second-order valence-corrected chi connectivity index (χ2v) is 15.0. The first kappa shape index (κ1) is 39.6. The van der Waals surface area contributed by atoms with Gasteiger partial charge in [0.15, 0.2) is 0 Å². The van der Waals surface area contributed by atoms with Crippen molar-refractivity contribution in [1.82, 2.24) is 29.7 Å². The number of halogens is 2. The molecule has 1 unspecified atom stereocenters. The third-order valence-corrected chi connectivity index (χ3v) is 10.7. The Kier molecular flexibility index (Phi) is 11.9. The Hall–Kier alpha value is -6.21. The second kappa shape index (κ2) is 17.7. The van der Waals surface area contributed by atoms with E-state index in [0.29, 0.717) is 54.0 Å². The summed E-state index contributed by atoms with van der Waals surface area (Å²) in [5.41, 5.74) is 5.41. The molecule has 11 nitrogen and oxygen atoms in total. The molecule has 296 valence electrons. The van der Waals surface area contributed by atoms with Gasteiger partial charge in [-0.2, -0.15) is 0 Å². The van der Waals surface area contributed by atoms with Gasteiger partial charge in [0.1, 0.15) is 17.6 Å². The van der Waals surface area contributed by atoms with Crippen molar-refractivity contribution in [3.05, 3.63) is 206 Å². The molecule has 1 aliphatic carbocycles. The van der Waals surface area contributed by atoms with E-state index >= 15 is 0 Å². The molecule has 0 spiro atoms. The van der Waals surface area contributed by atoms with E-state index < -0.39 is 17.8 Å². The Balaban J connectivity index is 1.32. The minimum absolute atomic E-state index is 0.0159. The zero-order valence-electron chi connectivity index (χ0n) is 31.6. The lowest BCUT2D eigenvalue weighted by Crippen LogP contribution is -2.34. The minimum Gasteiger partial charge on any atom is -0.871 e. The number of ether oxygens (including phenoxy) is 1. The number of aliphatic hydroxyl groups excluding tert-OH is 1. The molecule has 8 rings (SSSR count). The molecular formula is C46H37Cl2N6O5-. The quantitative estimate of drug-likeness (QED) is 0.112. The molecule has 2 aromatic carbocycles. The van der Waals surface area contributed by atoms with E-state index in [1.807, 2.05) is 77.7 Å². The predicted molar refractivity (Wildman–Crippen MR) is 222 cm³/mol. The fourth-order valence-corrected chi connectivity index (χ4v) is 7.90. The molecule has 6 aromatic rings. The number of carbonyl (C=O) groups is 1. The van der Waals surface area contributed by atoms with E-state index in [0.717, 1.165) is 22.8 Å². The van der Waals surface area contributed by atoms with Gasteiger partial charge in [-0.1, -0.05) is 71.4 Å². The Morgan fingerprint density at radius 1 is 0.678 bits per heavy atom. The maximum absolute atomic E-state index is 14.3. The number of hydrogen-bond donors (Lipinski definition) is 2. The van der Waals surface area contributed by atoms with Gasteiger partial charge in [-0.3, -0.25) is 29.7 Å². The smallest absolute Gasteiger partial charge is 0.336 e. The van der Waals surface area contributed by atoms with Crippen molar-refractivity contribution < 1.29 is 24.9 Å². The van der Waals surface area contributed by atoms with E-state index in [9.17, 15) is 20.1 Å². The topological polar surface area (TPSA) is 148 Å². The van der Waals surface area contributed by atoms with Crippen molar-refractivity contribution in [3.63, 3.8) is 0 Å². The van der Waals surface area contributed by atoms with E-state index in [4.69, 9.17) is 27.9 Å². The summed E-state index contributed by atoms with van der Waals surface area (Å²) in [6.07, 6.45) is 7.16. The number of rotatable bonds is 14.